The minimum atomic E-state index is -0.782. The standard InChI is InChI=1S/C42H88N14O6/c43-23-9-3-17-31(47)37(57)51-29-15-7-21-35(55-39(59)33(49)19-5-11-25-45)41(61)53-27-13-1-2-14-28-54-42(62)36(56-40(60)34(50)20-6-12-26-46)22-8-16-30-52-38(58)32(48)18-4-10-24-44/h31-36H,1-30,43-50H2,(H,51,57)(H,52,58)(H,53,61)(H,54,62)(H,55,59)(H,56,60)/t31-,32-,33-,34-,35-,36-/m0/s1. The highest BCUT2D eigenvalue weighted by molar-refractivity contribution is 5.90. The van der Waals surface area contributed by atoms with E-state index in [2.05, 4.69) is 31.9 Å². The molecule has 362 valence electrons. The second-order valence-corrected chi connectivity index (χ2v) is 16.3. The molecular formula is C42H88N14O6. The number of hydrogen-bond acceptors (Lipinski definition) is 14. The highest BCUT2D eigenvalue weighted by Gasteiger charge is 2.25. The average Bonchev–Trinajstić information content (AvgIpc) is 3.25. The zero-order valence-corrected chi connectivity index (χ0v) is 37.7. The molecule has 6 amide bonds. The maximum Gasteiger partial charge on any atom is 0.242 e. The van der Waals surface area contributed by atoms with Crippen LogP contribution in [0.2, 0.25) is 0 Å². The van der Waals surface area contributed by atoms with Crippen molar-refractivity contribution in [3.8, 4) is 0 Å². The summed E-state index contributed by atoms with van der Waals surface area (Å²) in [5.41, 5.74) is 46.3. The first-order valence-electron chi connectivity index (χ1n) is 23.4. The van der Waals surface area contributed by atoms with Crippen molar-refractivity contribution in [3.05, 3.63) is 0 Å². The van der Waals surface area contributed by atoms with Gasteiger partial charge in [-0.25, -0.2) is 0 Å². The maximum atomic E-state index is 13.2. The van der Waals surface area contributed by atoms with Gasteiger partial charge in [0.2, 0.25) is 35.4 Å². The summed E-state index contributed by atoms with van der Waals surface area (Å²) in [5, 5.41) is 17.2. The lowest BCUT2D eigenvalue weighted by Gasteiger charge is -2.21. The Kier molecular flexibility index (Phi) is 36.9. The smallest absolute Gasteiger partial charge is 0.242 e. The number of carbonyl (C=O) groups excluding carboxylic acids is 6. The molecule has 20 heteroatoms. The first kappa shape index (κ1) is 58.5. The SMILES string of the molecule is NCCCC[C@H](N)C(=O)NCCCC[C@H](NC(=O)[C@@H](N)CCCCN)C(=O)NCCCCCCNC(=O)[C@H](CCCCNC(=O)[C@@H](N)CCCCN)NC(=O)[C@@H](N)CCCCN. The van der Waals surface area contributed by atoms with E-state index in [-0.39, 0.29) is 23.6 Å². The summed E-state index contributed by atoms with van der Waals surface area (Å²) in [7, 11) is 0. The van der Waals surface area contributed by atoms with E-state index in [4.69, 9.17) is 45.9 Å². The molecule has 0 rings (SSSR count). The molecule has 0 aliphatic rings. The summed E-state index contributed by atoms with van der Waals surface area (Å²) < 4.78 is 0. The van der Waals surface area contributed by atoms with Crippen molar-refractivity contribution in [1.29, 1.82) is 0 Å². The fourth-order valence-corrected chi connectivity index (χ4v) is 6.56. The van der Waals surface area contributed by atoms with Gasteiger partial charge in [-0.15, -0.1) is 0 Å². The number of nitrogens with two attached hydrogens (primary N) is 8. The molecule has 22 N–H and O–H groups in total. The number of carbonyl (C=O) groups is 6. The van der Waals surface area contributed by atoms with Crippen LogP contribution in [0.1, 0.15) is 141 Å². The molecular weight excluding hydrogens is 797 g/mol. The van der Waals surface area contributed by atoms with Crippen molar-refractivity contribution < 1.29 is 28.8 Å². The topological polar surface area (TPSA) is 383 Å². The van der Waals surface area contributed by atoms with Gasteiger partial charge in [0.1, 0.15) is 12.1 Å². The Labute approximate surface area is 371 Å². The predicted octanol–water partition coefficient (Wildman–Crippen LogP) is -1.85. The molecule has 0 aromatic carbocycles. The predicted molar refractivity (Wildman–Crippen MR) is 246 cm³/mol. The van der Waals surface area contributed by atoms with E-state index in [0.717, 1.165) is 51.4 Å². The van der Waals surface area contributed by atoms with Gasteiger partial charge < -0.3 is 77.8 Å². The van der Waals surface area contributed by atoms with E-state index in [1.54, 1.807) is 0 Å². The third-order valence-corrected chi connectivity index (χ3v) is 10.6. The van der Waals surface area contributed by atoms with Gasteiger partial charge >= 0.3 is 0 Å². The summed E-state index contributed by atoms with van der Waals surface area (Å²) in [6.07, 6.45) is 14.2. The molecule has 0 aromatic heterocycles. The van der Waals surface area contributed by atoms with Crippen molar-refractivity contribution in [3.63, 3.8) is 0 Å². The van der Waals surface area contributed by atoms with Crippen molar-refractivity contribution >= 4 is 35.4 Å². The molecule has 0 radical (unpaired) electrons. The van der Waals surface area contributed by atoms with E-state index in [9.17, 15) is 28.8 Å². The Hall–Kier alpha value is -3.50. The van der Waals surface area contributed by atoms with Crippen molar-refractivity contribution in [2.24, 2.45) is 45.9 Å². The Balaban J connectivity index is 4.94. The normalized spacial score (nSPS) is 14.1. The van der Waals surface area contributed by atoms with Crippen LogP contribution in [0.25, 0.3) is 0 Å². The van der Waals surface area contributed by atoms with Crippen LogP contribution in [0.5, 0.6) is 0 Å². The molecule has 0 aliphatic heterocycles. The molecule has 0 saturated carbocycles. The van der Waals surface area contributed by atoms with Crippen molar-refractivity contribution in [2.75, 3.05) is 52.4 Å². The molecule has 0 bridgehead atoms. The van der Waals surface area contributed by atoms with Gasteiger partial charge in [0.25, 0.3) is 0 Å². The highest BCUT2D eigenvalue weighted by Crippen LogP contribution is 2.08. The summed E-state index contributed by atoms with van der Waals surface area (Å²) >= 11 is 0. The lowest BCUT2D eigenvalue weighted by molar-refractivity contribution is -0.130. The Bertz CT molecular complexity index is 1130. The molecule has 0 spiro atoms. The molecule has 0 saturated heterocycles. The van der Waals surface area contributed by atoms with E-state index in [1.807, 2.05) is 0 Å². The van der Waals surface area contributed by atoms with Gasteiger partial charge in [0, 0.05) is 26.2 Å². The quantitative estimate of drug-likeness (QED) is 0.0300. The molecule has 0 aliphatic carbocycles. The highest BCUT2D eigenvalue weighted by atomic mass is 16.2. The summed E-state index contributed by atoms with van der Waals surface area (Å²) in [4.78, 5) is 76.8. The van der Waals surface area contributed by atoms with Crippen LogP contribution in [-0.2, 0) is 28.8 Å². The zero-order chi connectivity index (χ0) is 46.4. The van der Waals surface area contributed by atoms with Crippen molar-refractivity contribution in [1.82, 2.24) is 31.9 Å². The molecule has 0 unspecified atom stereocenters. The van der Waals surface area contributed by atoms with Gasteiger partial charge in [-0.05, 0) is 129 Å². The summed E-state index contributed by atoms with van der Waals surface area (Å²) in [5.74, 6) is -1.84. The van der Waals surface area contributed by atoms with Gasteiger partial charge in [0.05, 0.1) is 24.2 Å². The van der Waals surface area contributed by atoms with Gasteiger partial charge in [-0.2, -0.15) is 0 Å². The van der Waals surface area contributed by atoms with E-state index in [1.165, 1.54) is 0 Å². The Morgan fingerprint density at radius 2 is 0.532 bits per heavy atom. The van der Waals surface area contributed by atoms with Gasteiger partial charge in [-0.1, -0.05) is 38.5 Å². The van der Waals surface area contributed by atoms with Crippen LogP contribution >= 0.6 is 0 Å². The first-order valence-corrected chi connectivity index (χ1v) is 23.4. The van der Waals surface area contributed by atoms with Gasteiger partial charge in [0.15, 0.2) is 0 Å². The first-order chi connectivity index (χ1) is 29.8. The summed E-state index contributed by atoms with van der Waals surface area (Å²) in [6, 6.07) is -4.26. The lowest BCUT2D eigenvalue weighted by atomic mass is 10.1. The Morgan fingerprint density at radius 3 is 0.823 bits per heavy atom. The van der Waals surface area contributed by atoms with Crippen LogP contribution in [0, 0.1) is 0 Å². The van der Waals surface area contributed by atoms with Crippen LogP contribution in [-0.4, -0.2) is 124 Å². The molecule has 20 nitrogen and oxygen atoms in total. The van der Waals surface area contributed by atoms with E-state index < -0.39 is 48.1 Å². The monoisotopic (exact) mass is 885 g/mol. The second kappa shape index (κ2) is 39.1. The largest absolute Gasteiger partial charge is 0.355 e. The van der Waals surface area contributed by atoms with E-state index in [0.29, 0.717) is 142 Å². The lowest BCUT2D eigenvalue weighted by Crippen LogP contribution is -2.51. The molecule has 6 atom stereocenters. The third kappa shape index (κ3) is 30.5. The van der Waals surface area contributed by atoms with Crippen LogP contribution in [0.3, 0.4) is 0 Å². The van der Waals surface area contributed by atoms with E-state index >= 15 is 0 Å². The number of rotatable bonds is 41. The molecule has 62 heavy (non-hydrogen) atoms. The Morgan fingerprint density at radius 1 is 0.290 bits per heavy atom. The minimum absolute atomic E-state index is 0.221. The van der Waals surface area contributed by atoms with Crippen molar-refractivity contribution in [2.45, 2.75) is 178 Å². The van der Waals surface area contributed by atoms with Crippen LogP contribution in [0.15, 0.2) is 0 Å². The maximum absolute atomic E-state index is 13.2. The van der Waals surface area contributed by atoms with Crippen LogP contribution in [0.4, 0.5) is 0 Å². The average molecular weight is 885 g/mol. The fourth-order valence-electron chi connectivity index (χ4n) is 6.56. The number of amides is 6. The third-order valence-electron chi connectivity index (χ3n) is 10.6. The van der Waals surface area contributed by atoms with Crippen LogP contribution < -0.4 is 77.8 Å². The number of unbranched alkanes of at least 4 members (excludes halogenated alkanes) is 9. The molecule has 0 aromatic rings. The molecule has 0 fully saturated rings. The fraction of sp³-hybridized carbons (Fsp3) is 0.857. The number of hydrogen-bond donors (Lipinski definition) is 14. The molecule has 0 heterocycles. The zero-order valence-electron chi connectivity index (χ0n) is 37.7. The van der Waals surface area contributed by atoms with Gasteiger partial charge in [-0.3, -0.25) is 28.8 Å². The number of nitrogens with one attached hydrogen (secondary N) is 6. The second-order valence-electron chi connectivity index (χ2n) is 16.3. The minimum Gasteiger partial charge on any atom is -0.355 e. The summed E-state index contributed by atoms with van der Waals surface area (Å²) in [6.45, 7) is 3.73.